The van der Waals surface area contributed by atoms with Crippen molar-refractivity contribution in [2.24, 2.45) is 5.73 Å². The first-order chi connectivity index (χ1) is 13.5. The molecule has 0 unspecified atom stereocenters. The molecular formula is C21H26N4O2S. The third-order valence-electron chi connectivity index (χ3n) is 5.39. The van der Waals surface area contributed by atoms with Crippen LogP contribution < -0.4 is 10.6 Å². The van der Waals surface area contributed by atoms with Crippen LogP contribution in [0.15, 0.2) is 54.7 Å². The molecule has 28 heavy (non-hydrogen) atoms. The largest absolute Gasteiger partial charge is 0.369 e. The SMILES string of the molecule is Cc1cccc2ccn(-c3cccc(N4CCN(S(=O)(=O)CCN)CC4)c3)c12. The Hall–Kier alpha value is -2.35. The van der Waals surface area contributed by atoms with Gasteiger partial charge in [0, 0.05) is 55.7 Å². The maximum Gasteiger partial charge on any atom is 0.215 e. The van der Waals surface area contributed by atoms with Crippen LogP contribution in [0, 0.1) is 6.92 Å². The Morgan fingerprint density at radius 3 is 2.43 bits per heavy atom. The number of nitrogens with two attached hydrogens (primary N) is 1. The summed E-state index contributed by atoms with van der Waals surface area (Å²) in [6.07, 6.45) is 2.11. The van der Waals surface area contributed by atoms with Crippen molar-refractivity contribution in [2.45, 2.75) is 6.92 Å². The fraction of sp³-hybridized carbons (Fsp3) is 0.333. The lowest BCUT2D eigenvalue weighted by Crippen LogP contribution is -2.49. The van der Waals surface area contributed by atoms with Crippen molar-refractivity contribution >= 4 is 26.6 Å². The van der Waals surface area contributed by atoms with Crippen LogP contribution in [0.25, 0.3) is 16.6 Å². The molecule has 4 rings (SSSR count). The molecule has 0 aliphatic carbocycles. The predicted octanol–water partition coefficient (Wildman–Crippen LogP) is 2.35. The van der Waals surface area contributed by atoms with Gasteiger partial charge in [-0.05, 0) is 36.8 Å². The molecule has 0 saturated carbocycles. The molecule has 148 valence electrons. The monoisotopic (exact) mass is 398 g/mol. The number of benzene rings is 2. The van der Waals surface area contributed by atoms with Crippen LogP contribution in [0.5, 0.6) is 0 Å². The van der Waals surface area contributed by atoms with Gasteiger partial charge >= 0.3 is 0 Å². The quantitative estimate of drug-likeness (QED) is 0.716. The molecule has 0 spiro atoms. The van der Waals surface area contributed by atoms with Gasteiger partial charge in [-0.25, -0.2) is 8.42 Å². The van der Waals surface area contributed by atoms with Gasteiger partial charge < -0.3 is 15.2 Å². The number of nitrogens with zero attached hydrogens (tertiary/aromatic N) is 3. The first kappa shape index (κ1) is 19.0. The Bertz CT molecular complexity index is 1080. The average Bonchev–Trinajstić information content (AvgIpc) is 3.14. The van der Waals surface area contributed by atoms with Gasteiger partial charge in [-0.2, -0.15) is 4.31 Å². The maximum absolute atomic E-state index is 12.2. The molecule has 2 N–H and O–H groups in total. The predicted molar refractivity (Wildman–Crippen MR) is 115 cm³/mol. The van der Waals surface area contributed by atoms with E-state index >= 15 is 0 Å². The molecule has 0 atom stereocenters. The number of hydrogen-bond donors (Lipinski definition) is 1. The zero-order chi connectivity index (χ0) is 19.7. The van der Waals surface area contributed by atoms with Crippen LogP contribution in [0.1, 0.15) is 5.56 Å². The second-order valence-corrected chi connectivity index (χ2v) is 9.30. The summed E-state index contributed by atoms with van der Waals surface area (Å²) in [4.78, 5) is 2.25. The second-order valence-electron chi connectivity index (χ2n) is 7.21. The van der Waals surface area contributed by atoms with E-state index in [4.69, 9.17) is 5.73 Å². The molecular weight excluding hydrogens is 372 g/mol. The lowest BCUT2D eigenvalue weighted by molar-refractivity contribution is 0.385. The first-order valence-corrected chi connectivity index (χ1v) is 11.2. The van der Waals surface area contributed by atoms with E-state index in [-0.39, 0.29) is 12.3 Å². The van der Waals surface area contributed by atoms with Gasteiger partial charge in [0.25, 0.3) is 0 Å². The number of rotatable bonds is 5. The van der Waals surface area contributed by atoms with Gasteiger partial charge in [-0.15, -0.1) is 0 Å². The Morgan fingerprint density at radius 2 is 1.68 bits per heavy atom. The van der Waals surface area contributed by atoms with Gasteiger partial charge in [-0.3, -0.25) is 0 Å². The van der Waals surface area contributed by atoms with Crippen molar-refractivity contribution < 1.29 is 8.42 Å². The molecule has 0 bridgehead atoms. The number of sulfonamides is 1. The fourth-order valence-electron chi connectivity index (χ4n) is 3.93. The van der Waals surface area contributed by atoms with Gasteiger partial charge in [-0.1, -0.05) is 24.3 Å². The Kier molecular flexibility index (Phi) is 5.14. The third-order valence-corrected chi connectivity index (χ3v) is 7.30. The Labute approximate surface area is 166 Å². The van der Waals surface area contributed by atoms with Crippen molar-refractivity contribution in [1.29, 1.82) is 0 Å². The molecule has 1 saturated heterocycles. The van der Waals surface area contributed by atoms with E-state index in [2.05, 4.69) is 71.1 Å². The van der Waals surface area contributed by atoms with Crippen LogP contribution in [-0.4, -0.2) is 55.8 Å². The van der Waals surface area contributed by atoms with Crippen molar-refractivity contribution in [1.82, 2.24) is 8.87 Å². The van der Waals surface area contributed by atoms with E-state index in [1.54, 1.807) is 4.31 Å². The van der Waals surface area contributed by atoms with E-state index in [1.807, 2.05) is 0 Å². The topological polar surface area (TPSA) is 71.6 Å². The molecule has 1 aromatic heterocycles. The van der Waals surface area contributed by atoms with Crippen molar-refractivity contribution in [3.8, 4) is 5.69 Å². The third kappa shape index (κ3) is 3.53. The molecule has 1 aliphatic heterocycles. The Morgan fingerprint density at radius 1 is 0.964 bits per heavy atom. The summed E-state index contributed by atoms with van der Waals surface area (Å²) in [6.45, 7) is 4.65. The van der Waals surface area contributed by atoms with E-state index in [0.29, 0.717) is 26.2 Å². The summed E-state index contributed by atoms with van der Waals surface area (Å²) in [5.74, 6) is 0.0164. The number of aryl methyl sites for hydroxylation is 1. The second kappa shape index (κ2) is 7.58. The fourth-order valence-corrected chi connectivity index (χ4v) is 5.21. The summed E-state index contributed by atoms with van der Waals surface area (Å²) < 4.78 is 28.2. The van der Waals surface area contributed by atoms with E-state index in [9.17, 15) is 8.42 Å². The van der Waals surface area contributed by atoms with Gasteiger partial charge in [0.2, 0.25) is 10.0 Å². The molecule has 1 aliphatic rings. The molecule has 0 amide bonds. The number of para-hydroxylation sites is 1. The van der Waals surface area contributed by atoms with Crippen LogP contribution in [0.3, 0.4) is 0 Å². The van der Waals surface area contributed by atoms with Crippen LogP contribution >= 0.6 is 0 Å². The highest BCUT2D eigenvalue weighted by Crippen LogP contribution is 2.26. The molecule has 2 aromatic carbocycles. The number of anilines is 1. The molecule has 0 radical (unpaired) electrons. The van der Waals surface area contributed by atoms with Crippen LogP contribution in [-0.2, 0) is 10.0 Å². The van der Waals surface area contributed by atoms with Crippen molar-refractivity contribution in [3.63, 3.8) is 0 Å². The smallest absolute Gasteiger partial charge is 0.215 e. The Balaban J connectivity index is 1.57. The first-order valence-electron chi connectivity index (χ1n) is 9.59. The standard InChI is InChI=1S/C21H26N4O2S/c1-17-4-2-5-18-8-10-25(21(17)18)20-7-3-6-19(16-20)23-11-13-24(14-12-23)28(26,27)15-9-22/h2-8,10,16H,9,11-15,22H2,1H3. The molecule has 7 heteroatoms. The summed E-state index contributed by atoms with van der Waals surface area (Å²) in [7, 11) is -3.23. The highest BCUT2D eigenvalue weighted by molar-refractivity contribution is 7.89. The van der Waals surface area contributed by atoms with Gasteiger partial charge in [0.05, 0.1) is 11.3 Å². The lowest BCUT2D eigenvalue weighted by atomic mass is 10.1. The molecule has 2 heterocycles. The van der Waals surface area contributed by atoms with Gasteiger partial charge in [0.15, 0.2) is 0 Å². The van der Waals surface area contributed by atoms with E-state index in [1.165, 1.54) is 16.5 Å². The van der Waals surface area contributed by atoms with Crippen LogP contribution in [0.2, 0.25) is 0 Å². The summed E-state index contributed by atoms with van der Waals surface area (Å²) in [5, 5.41) is 1.23. The summed E-state index contributed by atoms with van der Waals surface area (Å²) in [6, 6.07) is 16.9. The average molecular weight is 399 g/mol. The normalized spacial score (nSPS) is 16.0. The minimum atomic E-state index is -3.23. The minimum absolute atomic E-state index is 0.0164. The highest BCUT2D eigenvalue weighted by Gasteiger charge is 2.26. The minimum Gasteiger partial charge on any atom is -0.369 e. The van der Waals surface area contributed by atoms with Crippen molar-refractivity contribution in [3.05, 3.63) is 60.3 Å². The summed E-state index contributed by atoms with van der Waals surface area (Å²) >= 11 is 0. The lowest BCUT2D eigenvalue weighted by Gasteiger charge is -2.35. The zero-order valence-electron chi connectivity index (χ0n) is 16.1. The molecule has 1 fully saturated rings. The van der Waals surface area contributed by atoms with Crippen molar-refractivity contribution in [2.75, 3.05) is 43.4 Å². The number of fused-ring (bicyclic) bond motifs is 1. The van der Waals surface area contributed by atoms with Crippen LogP contribution in [0.4, 0.5) is 5.69 Å². The highest BCUT2D eigenvalue weighted by atomic mass is 32.2. The maximum atomic E-state index is 12.2. The summed E-state index contributed by atoms with van der Waals surface area (Å²) in [5.41, 5.74) is 10.1. The number of hydrogen-bond acceptors (Lipinski definition) is 4. The zero-order valence-corrected chi connectivity index (χ0v) is 16.9. The molecule has 6 nitrogen and oxygen atoms in total. The number of aromatic nitrogens is 1. The van der Waals surface area contributed by atoms with Gasteiger partial charge in [0.1, 0.15) is 0 Å². The molecule has 3 aromatic rings. The van der Waals surface area contributed by atoms with E-state index in [0.717, 1.165) is 11.4 Å². The van der Waals surface area contributed by atoms with E-state index < -0.39 is 10.0 Å². The number of piperazine rings is 1.